The van der Waals surface area contributed by atoms with Crippen LogP contribution in [0.1, 0.15) is 122 Å². The molecule has 1 unspecified atom stereocenters. The molecule has 0 saturated carbocycles. The second-order valence-corrected chi connectivity index (χ2v) is 8.62. The predicted octanol–water partition coefficient (Wildman–Crippen LogP) is 7.96. The number of rotatable bonds is 18. The van der Waals surface area contributed by atoms with E-state index < -0.39 is 0 Å². The predicted molar refractivity (Wildman–Crippen MR) is 126 cm³/mol. The molecule has 168 valence electrons. The topological polar surface area (TPSA) is 43.7 Å². The van der Waals surface area contributed by atoms with Gasteiger partial charge in [0.25, 0.3) is 0 Å². The highest BCUT2D eigenvalue weighted by Crippen LogP contribution is 2.33. The zero-order valence-electron chi connectivity index (χ0n) is 19.5. The highest BCUT2D eigenvalue weighted by molar-refractivity contribution is 5.41. The minimum absolute atomic E-state index is 0.00249. The summed E-state index contributed by atoms with van der Waals surface area (Å²) in [5, 5.41) is 19.7. The molecule has 0 spiro atoms. The quantitative estimate of drug-likeness (QED) is 0.192. The Morgan fingerprint density at radius 3 is 1.66 bits per heavy atom. The van der Waals surface area contributed by atoms with Gasteiger partial charge in [-0.25, -0.2) is 0 Å². The zero-order valence-corrected chi connectivity index (χ0v) is 19.5. The van der Waals surface area contributed by atoms with Crippen molar-refractivity contribution in [3.63, 3.8) is 0 Å². The van der Waals surface area contributed by atoms with Crippen molar-refractivity contribution in [2.24, 2.45) is 0 Å². The van der Waals surface area contributed by atoms with Crippen LogP contribution < -0.4 is 0 Å². The first-order valence-electron chi connectivity index (χ1n) is 12.4. The van der Waals surface area contributed by atoms with E-state index in [0.29, 0.717) is 6.04 Å². The smallest absolute Gasteiger partial charge is 0.157 e. The Morgan fingerprint density at radius 1 is 0.655 bits per heavy atom. The molecule has 0 bridgehead atoms. The minimum atomic E-state index is -0.0256. The van der Waals surface area contributed by atoms with E-state index in [4.69, 9.17) is 0 Å². The van der Waals surface area contributed by atoms with Crippen molar-refractivity contribution in [1.82, 2.24) is 4.90 Å². The molecular formula is C26H47NO2. The average molecular weight is 406 g/mol. The molecule has 3 nitrogen and oxygen atoms in total. The van der Waals surface area contributed by atoms with Crippen LogP contribution in [0.3, 0.4) is 0 Å². The fourth-order valence-electron chi connectivity index (χ4n) is 4.20. The van der Waals surface area contributed by atoms with E-state index in [9.17, 15) is 10.2 Å². The number of aromatic hydroxyl groups is 2. The summed E-state index contributed by atoms with van der Waals surface area (Å²) >= 11 is 0. The Balaban J connectivity index is 2.70. The van der Waals surface area contributed by atoms with E-state index in [1.807, 2.05) is 6.07 Å². The normalized spacial score (nSPS) is 12.6. The van der Waals surface area contributed by atoms with Gasteiger partial charge in [0.1, 0.15) is 0 Å². The van der Waals surface area contributed by atoms with E-state index in [2.05, 4.69) is 25.7 Å². The summed E-state index contributed by atoms with van der Waals surface area (Å²) in [5.74, 6) is -0.0231. The van der Waals surface area contributed by atoms with Crippen LogP contribution in [0, 0.1) is 0 Å². The lowest BCUT2D eigenvalue weighted by Crippen LogP contribution is -2.31. The van der Waals surface area contributed by atoms with Crippen molar-refractivity contribution in [3.05, 3.63) is 23.8 Å². The van der Waals surface area contributed by atoms with Crippen LogP contribution in [0.4, 0.5) is 0 Å². The number of hydrogen-bond donors (Lipinski definition) is 2. The van der Waals surface area contributed by atoms with Crippen LogP contribution in [0.5, 0.6) is 11.5 Å². The third kappa shape index (κ3) is 10.9. The number of hydrogen-bond acceptors (Lipinski definition) is 3. The number of phenols is 2. The molecule has 1 rings (SSSR count). The third-order valence-corrected chi connectivity index (χ3v) is 5.98. The van der Waals surface area contributed by atoms with Crippen molar-refractivity contribution in [3.8, 4) is 11.5 Å². The maximum Gasteiger partial charge on any atom is 0.157 e. The lowest BCUT2D eigenvalue weighted by Gasteiger charge is -2.32. The van der Waals surface area contributed by atoms with Crippen molar-refractivity contribution >= 4 is 0 Å². The lowest BCUT2D eigenvalue weighted by atomic mass is 9.98. The lowest BCUT2D eigenvalue weighted by molar-refractivity contribution is 0.178. The Kier molecular flexibility index (Phi) is 14.7. The molecule has 0 aromatic heterocycles. The van der Waals surface area contributed by atoms with Gasteiger partial charge in [0.05, 0.1) is 0 Å². The molecule has 2 N–H and O–H groups in total. The molecule has 0 aliphatic heterocycles. The van der Waals surface area contributed by atoms with Crippen molar-refractivity contribution in [2.75, 3.05) is 13.1 Å². The monoisotopic (exact) mass is 405 g/mol. The molecular weight excluding hydrogens is 358 g/mol. The Hall–Kier alpha value is -1.22. The molecule has 1 atom stereocenters. The van der Waals surface area contributed by atoms with Gasteiger partial charge in [-0.05, 0) is 50.0 Å². The summed E-state index contributed by atoms with van der Waals surface area (Å²) in [6.45, 7) is 9.04. The minimum Gasteiger partial charge on any atom is -0.504 e. The zero-order chi connectivity index (χ0) is 21.3. The maximum absolute atomic E-state index is 10.0. The number of phenolic OH excluding ortho intramolecular Hbond substituents is 2. The molecule has 1 aromatic carbocycles. The molecule has 0 heterocycles. The van der Waals surface area contributed by atoms with Gasteiger partial charge in [-0.1, -0.05) is 97.5 Å². The second kappa shape index (κ2) is 16.6. The van der Waals surface area contributed by atoms with E-state index in [0.717, 1.165) is 31.5 Å². The van der Waals surface area contributed by atoms with Gasteiger partial charge >= 0.3 is 0 Å². The van der Waals surface area contributed by atoms with E-state index in [-0.39, 0.29) is 11.5 Å². The SMILES string of the molecule is CCCCCCCCN(CCCCCCCC)C(CCC)c1ccc(O)c(O)c1. The van der Waals surface area contributed by atoms with Crippen molar-refractivity contribution in [1.29, 1.82) is 0 Å². The Morgan fingerprint density at radius 2 is 1.17 bits per heavy atom. The van der Waals surface area contributed by atoms with E-state index in [1.54, 1.807) is 12.1 Å². The molecule has 29 heavy (non-hydrogen) atoms. The highest BCUT2D eigenvalue weighted by atomic mass is 16.3. The van der Waals surface area contributed by atoms with Gasteiger partial charge in [-0.2, -0.15) is 0 Å². The highest BCUT2D eigenvalue weighted by Gasteiger charge is 2.20. The summed E-state index contributed by atoms with van der Waals surface area (Å²) in [5.41, 5.74) is 1.14. The largest absolute Gasteiger partial charge is 0.504 e. The van der Waals surface area contributed by atoms with Gasteiger partial charge in [-0.3, -0.25) is 4.90 Å². The molecule has 0 aliphatic carbocycles. The maximum atomic E-state index is 10.0. The van der Waals surface area contributed by atoms with Crippen molar-refractivity contribution < 1.29 is 10.2 Å². The summed E-state index contributed by atoms with van der Waals surface area (Å²) in [6, 6.07) is 5.73. The van der Waals surface area contributed by atoms with Crippen LogP contribution in [-0.4, -0.2) is 28.2 Å². The fourth-order valence-corrected chi connectivity index (χ4v) is 4.20. The van der Waals surface area contributed by atoms with Gasteiger partial charge in [0.15, 0.2) is 11.5 Å². The first-order valence-corrected chi connectivity index (χ1v) is 12.4. The van der Waals surface area contributed by atoms with E-state index in [1.165, 1.54) is 77.0 Å². The van der Waals surface area contributed by atoms with Crippen LogP contribution in [-0.2, 0) is 0 Å². The van der Waals surface area contributed by atoms with Gasteiger partial charge < -0.3 is 10.2 Å². The average Bonchev–Trinajstić information content (AvgIpc) is 2.72. The van der Waals surface area contributed by atoms with Crippen molar-refractivity contribution in [2.45, 2.75) is 117 Å². The molecule has 0 fully saturated rings. The summed E-state index contributed by atoms with van der Waals surface area (Å²) in [6.07, 6.45) is 18.1. The van der Waals surface area contributed by atoms with Gasteiger partial charge in [0.2, 0.25) is 0 Å². The van der Waals surface area contributed by atoms with Crippen LogP contribution in [0.2, 0.25) is 0 Å². The number of nitrogens with zero attached hydrogens (tertiary/aromatic N) is 1. The third-order valence-electron chi connectivity index (χ3n) is 5.98. The summed E-state index contributed by atoms with van der Waals surface area (Å²) in [4.78, 5) is 2.65. The van der Waals surface area contributed by atoms with Gasteiger partial charge in [0, 0.05) is 6.04 Å². The Labute approximate surface area is 180 Å². The molecule has 1 aromatic rings. The van der Waals surface area contributed by atoms with Crippen LogP contribution >= 0.6 is 0 Å². The van der Waals surface area contributed by atoms with E-state index >= 15 is 0 Å². The van der Waals surface area contributed by atoms with Crippen LogP contribution in [0.25, 0.3) is 0 Å². The van der Waals surface area contributed by atoms with Crippen LogP contribution in [0.15, 0.2) is 18.2 Å². The Bertz CT molecular complexity index is 501. The summed E-state index contributed by atoms with van der Waals surface area (Å²) in [7, 11) is 0. The molecule has 0 aliphatic rings. The molecule has 3 heteroatoms. The first-order chi connectivity index (χ1) is 14.1. The standard InChI is InChI=1S/C26H47NO2/c1-4-7-9-11-13-15-20-27(21-16-14-12-10-8-5-2)24(17-6-3)23-18-19-25(28)26(29)22-23/h18-19,22,24,28-29H,4-17,20-21H2,1-3H3. The number of unbranched alkanes of at least 4 members (excludes halogenated alkanes) is 10. The second-order valence-electron chi connectivity index (χ2n) is 8.62. The number of benzene rings is 1. The van der Waals surface area contributed by atoms with Gasteiger partial charge in [-0.15, -0.1) is 0 Å². The summed E-state index contributed by atoms with van der Waals surface area (Å²) < 4.78 is 0. The molecule has 0 radical (unpaired) electrons. The molecule has 0 amide bonds. The first kappa shape index (κ1) is 25.8. The molecule has 0 saturated heterocycles. The fraction of sp³-hybridized carbons (Fsp3) is 0.769.